The molecule has 0 saturated heterocycles. The summed E-state index contributed by atoms with van der Waals surface area (Å²) in [7, 11) is 0. The third kappa shape index (κ3) is 1.60. The molecule has 0 bridgehead atoms. The maximum absolute atomic E-state index is 13.0. The molecular weight excluding hydrogens is 221 g/mol. The molecule has 0 amide bonds. The average molecular weight is 233 g/mol. The van der Waals surface area contributed by atoms with Gasteiger partial charge in [0.05, 0.1) is 5.92 Å². The highest BCUT2D eigenvalue weighted by atomic mass is 19.1. The molecule has 0 aliphatic heterocycles. The molecule has 1 heterocycles. The third-order valence-corrected chi connectivity index (χ3v) is 3.54. The Morgan fingerprint density at radius 3 is 2.82 bits per heavy atom. The zero-order valence-electron chi connectivity index (χ0n) is 9.14. The highest BCUT2D eigenvalue weighted by molar-refractivity contribution is 5.80. The molecule has 1 N–H and O–H groups in total. The summed E-state index contributed by atoms with van der Waals surface area (Å²) in [4.78, 5) is 10.7. The lowest BCUT2D eigenvalue weighted by Gasteiger charge is -2.34. The van der Waals surface area contributed by atoms with Crippen molar-refractivity contribution in [3.63, 3.8) is 0 Å². The summed E-state index contributed by atoms with van der Waals surface area (Å²) < 4.78 is 15.1. The van der Waals surface area contributed by atoms with Crippen molar-refractivity contribution < 1.29 is 14.3 Å². The molecular formula is C13H12FNO2. The topological polar surface area (TPSA) is 42.2 Å². The van der Waals surface area contributed by atoms with Crippen LogP contribution in [0.2, 0.25) is 0 Å². The maximum atomic E-state index is 13.0. The van der Waals surface area contributed by atoms with Crippen LogP contribution in [0.25, 0.3) is 10.9 Å². The van der Waals surface area contributed by atoms with Gasteiger partial charge in [-0.3, -0.25) is 4.79 Å². The number of benzene rings is 1. The lowest BCUT2D eigenvalue weighted by atomic mass is 9.80. The van der Waals surface area contributed by atoms with Crippen LogP contribution in [0.15, 0.2) is 30.5 Å². The van der Waals surface area contributed by atoms with Gasteiger partial charge in [0.15, 0.2) is 0 Å². The van der Waals surface area contributed by atoms with E-state index in [2.05, 4.69) is 0 Å². The minimum atomic E-state index is -0.719. The molecule has 2 aromatic rings. The first kappa shape index (κ1) is 10.3. The lowest BCUT2D eigenvalue weighted by Crippen LogP contribution is -2.31. The van der Waals surface area contributed by atoms with Crippen LogP contribution in [0.3, 0.4) is 0 Å². The SMILES string of the molecule is O=C(O)[C@H]1C[C@H](n2ccc3cc(F)ccc32)C1. The summed E-state index contributed by atoms with van der Waals surface area (Å²) >= 11 is 0. The fourth-order valence-electron chi connectivity index (χ4n) is 2.47. The van der Waals surface area contributed by atoms with Crippen molar-refractivity contribution in [1.82, 2.24) is 4.57 Å². The summed E-state index contributed by atoms with van der Waals surface area (Å²) in [5.74, 6) is -1.19. The van der Waals surface area contributed by atoms with Gasteiger partial charge in [0.2, 0.25) is 0 Å². The van der Waals surface area contributed by atoms with E-state index in [0.29, 0.717) is 12.8 Å². The molecule has 17 heavy (non-hydrogen) atoms. The molecule has 0 spiro atoms. The first-order valence-electron chi connectivity index (χ1n) is 5.64. The predicted octanol–water partition coefficient (Wildman–Crippen LogP) is 2.82. The van der Waals surface area contributed by atoms with E-state index >= 15 is 0 Å². The fraction of sp³-hybridized carbons (Fsp3) is 0.308. The van der Waals surface area contributed by atoms with Crippen LogP contribution in [0.4, 0.5) is 4.39 Å². The first-order valence-corrected chi connectivity index (χ1v) is 5.64. The summed E-state index contributed by atoms with van der Waals surface area (Å²) in [6.07, 6.45) is 3.24. The van der Waals surface area contributed by atoms with Crippen LogP contribution in [-0.4, -0.2) is 15.6 Å². The Morgan fingerprint density at radius 2 is 2.12 bits per heavy atom. The fourth-order valence-corrected chi connectivity index (χ4v) is 2.47. The van der Waals surface area contributed by atoms with Crippen molar-refractivity contribution in [3.8, 4) is 0 Å². The normalized spacial score (nSPS) is 23.6. The van der Waals surface area contributed by atoms with E-state index in [-0.39, 0.29) is 17.8 Å². The van der Waals surface area contributed by atoms with Gasteiger partial charge in [-0.15, -0.1) is 0 Å². The van der Waals surface area contributed by atoms with Crippen molar-refractivity contribution in [2.45, 2.75) is 18.9 Å². The maximum Gasteiger partial charge on any atom is 0.306 e. The second-order valence-electron chi connectivity index (χ2n) is 4.59. The molecule has 1 fully saturated rings. The second-order valence-corrected chi connectivity index (χ2v) is 4.59. The molecule has 88 valence electrons. The number of carboxylic acid groups (broad SMARTS) is 1. The molecule has 0 atom stereocenters. The Morgan fingerprint density at radius 1 is 1.35 bits per heavy atom. The number of aliphatic carboxylic acids is 1. The largest absolute Gasteiger partial charge is 0.481 e. The molecule has 3 nitrogen and oxygen atoms in total. The minimum Gasteiger partial charge on any atom is -0.481 e. The molecule has 4 heteroatoms. The van der Waals surface area contributed by atoms with Crippen LogP contribution in [-0.2, 0) is 4.79 Å². The number of nitrogens with zero attached hydrogens (tertiary/aromatic N) is 1. The van der Waals surface area contributed by atoms with Gasteiger partial charge in [0.1, 0.15) is 5.82 Å². The number of rotatable bonds is 2. The van der Waals surface area contributed by atoms with Gasteiger partial charge in [0, 0.05) is 23.1 Å². The number of hydrogen-bond donors (Lipinski definition) is 1. The van der Waals surface area contributed by atoms with E-state index in [4.69, 9.17) is 5.11 Å². The number of hydrogen-bond acceptors (Lipinski definition) is 1. The Balaban J connectivity index is 1.90. The van der Waals surface area contributed by atoms with Crippen LogP contribution < -0.4 is 0 Å². The monoisotopic (exact) mass is 233 g/mol. The van der Waals surface area contributed by atoms with Crippen LogP contribution in [0.5, 0.6) is 0 Å². The number of fused-ring (bicyclic) bond motifs is 1. The lowest BCUT2D eigenvalue weighted by molar-refractivity contribution is -0.145. The van der Waals surface area contributed by atoms with Gasteiger partial charge in [0.25, 0.3) is 0 Å². The van der Waals surface area contributed by atoms with E-state index in [9.17, 15) is 9.18 Å². The van der Waals surface area contributed by atoms with Crippen molar-refractivity contribution >= 4 is 16.9 Å². The third-order valence-electron chi connectivity index (χ3n) is 3.54. The first-order chi connectivity index (χ1) is 8.15. The predicted molar refractivity (Wildman–Crippen MR) is 61.3 cm³/mol. The van der Waals surface area contributed by atoms with E-state index in [0.717, 1.165) is 10.9 Å². The van der Waals surface area contributed by atoms with Gasteiger partial charge < -0.3 is 9.67 Å². The van der Waals surface area contributed by atoms with Crippen molar-refractivity contribution in [2.24, 2.45) is 5.92 Å². The summed E-state index contributed by atoms with van der Waals surface area (Å²) in [5.41, 5.74) is 0.972. The van der Waals surface area contributed by atoms with Crippen LogP contribution in [0, 0.1) is 11.7 Å². The Bertz CT molecular complexity index is 584. The molecule has 1 saturated carbocycles. The molecule has 1 aliphatic carbocycles. The molecule has 3 rings (SSSR count). The highest BCUT2D eigenvalue weighted by Crippen LogP contribution is 2.39. The number of halogens is 1. The van der Waals surface area contributed by atoms with E-state index in [1.54, 1.807) is 6.07 Å². The van der Waals surface area contributed by atoms with Crippen molar-refractivity contribution in [2.75, 3.05) is 0 Å². The van der Waals surface area contributed by atoms with Gasteiger partial charge in [-0.05, 0) is 37.1 Å². The quantitative estimate of drug-likeness (QED) is 0.866. The zero-order chi connectivity index (χ0) is 12.0. The Hall–Kier alpha value is -1.84. The summed E-state index contributed by atoms with van der Waals surface area (Å²) in [5, 5.41) is 9.70. The molecule has 1 aromatic heterocycles. The second kappa shape index (κ2) is 3.58. The summed E-state index contributed by atoms with van der Waals surface area (Å²) in [6.45, 7) is 0. The number of carboxylic acids is 1. The molecule has 0 radical (unpaired) electrons. The average Bonchev–Trinajstić information content (AvgIpc) is 2.58. The van der Waals surface area contributed by atoms with E-state index in [1.807, 2.05) is 16.8 Å². The van der Waals surface area contributed by atoms with Gasteiger partial charge in [-0.25, -0.2) is 4.39 Å². The molecule has 1 aromatic carbocycles. The zero-order valence-corrected chi connectivity index (χ0v) is 9.14. The Labute approximate surface area is 97.5 Å². The summed E-state index contributed by atoms with van der Waals surface area (Å²) in [6, 6.07) is 6.79. The highest BCUT2D eigenvalue weighted by Gasteiger charge is 2.35. The molecule has 0 unspecified atom stereocenters. The van der Waals surface area contributed by atoms with Crippen LogP contribution >= 0.6 is 0 Å². The number of carbonyl (C=O) groups is 1. The minimum absolute atomic E-state index is 0.224. The van der Waals surface area contributed by atoms with Crippen LogP contribution in [0.1, 0.15) is 18.9 Å². The smallest absolute Gasteiger partial charge is 0.306 e. The van der Waals surface area contributed by atoms with Gasteiger partial charge >= 0.3 is 5.97 Å². The standard InChI is InChI=1S/C13H12FNO2/c14-10-1-2-12-8(5-10)3-4-15(12)11-6-9(7-11)13(16)17/h1-5,9,11H,6-7H2,(H,16,17)/t9-,11-. The van der Waals surface area contributed by atoms with Gasteiger partial charge in [-0.2, -0.15) is 0 Å². The Kier molecular flexibility index (Phi) is 2.18. The van der Waals surface area contributed by atoms with Gasteiger partial charge in [-0.1, -0.05) is 0 Å². The van der Waals surface area contributed by atoms with E-state index in [1.165, 1.54) is 12.1 Å². The van der Waals surface area contributed by atoms with E-state index < -0.39 is 5.97 Å². The van der Waals surface area contributed by atoms with Crippen molar-refractivity contribution in [1.29, 1.82) is 0 Å². The van der Waals surface area contributed by atoms with Crippen molar-refractivity contribution in [3.05, 3.63) is 36.3 Å². The molecule has 1 aliphatic rings. The number of aromatic nitrogens is 1.